The van der Waals surface area contributed by atoms with Crippen molar-refractivity contribution in [2.45, 2.75) is 26.8 Å². The molecule has 24 heavy (non-hydrogen) atoms. The Morgan fingerprint density at radius 1 is 1.42 bits per heavy atom. The highest BCUT2D eigenvalue weighted by Gasteiger charge is 2.28. The van der Waals surface area contributed by atoms with Crippen molar-refractivity contribution in [1.29, 1.82) is 0 Å². The van der Waals surface area contributed by atoms with Gasteiger partial charge in [0.2, 0.25) is 0 Å². The SMILES string of the molecule is CCOC(=O)c1c(C)nc2sc3c(c2c1N)CCN(C(=O)OC)C3. The topological polar surface area (TPSA) is 94.7 Å². The molecule has 1 aliphatic rings. The van der Waals surface area contributed by atoms with E-state index in [-0.39, 0.29) is 12.7 Å². The summed E-state index contributed by atoms with van der Waals surface area (Å²) in [5.41, 5.74) is 8.67. The minimum Gasteiger partial charge on any atom is -0.462 e. The van der Waals surface area contributed by atoms with Crippen LogP contribution >= 0.6 is 11.3 Å². The number of methoxy groups -OCH3 is 1. The lowest BCUT2D eigenvalue weighted by atomic mass is 10.0. The number of ether oxygens (including phenoxy) is 2. The molecule has 1 aliphatic heterocycles. The van der Waals surface area contributed by atoms with Crippen molar-refractivity contribution in [2.75, 3.05) is 26.0 Å². The summed E-state index contributed by atoms with van der Waals surface area (Å²) in [5.74, 6) is -0.450. The highest BCUT2D eigenvalue weighted by molar-refractivity contribution is 7.19. The van der Waals surface area contributed by atoms with Crippen molar-refractivity contribution in [3.8, 4) is 0 Å². The van der Waals surface area contributed by atoms with Crippen LogP contribution in [0.25, 0.3) is 10.2 Å². The van der Waals surface area contributed by atoms with E-state index in [0.717, 1.165) is 20.7 Å². The summed E-state index contributed by atoms with van der Waals surface area (Å²) in [6, 6.07) is 0. The molecule has 0 saturated carbocycles. The first-order valence-electron chi connectivity index (χ1n) is 7.68. The van der Waals surface area contributed by atoms with E-state index >= 15 is 0 Å². The molecule has 7 nitrogen and oxygen atoms in total. The number of esters is 1. The van der Waals surface area contributed by atoms with Crippen LogP contribution < -0.4 is 5.73 Å². The fraction of sp³-hybridized carbons (Fsp3) is 0.438. The summed E-state index contributed by atoms with van der Waals surface area (Å²) in [6.07, 6.45) is 0.309. The molecule has 128 valence electrons. The zero-order chi connectivity index (χ0) is 17.4. The molecule has 0 unspecified atom stereocenters. The largest absolute Gasteiger partial charge is 0.462 e. The average molecular weight is 349 g/mol. The van der Waals surface area contributed by atoms with E-state index in [0.29, 0.717) is 36.5 Å². The normalized spacial score (nSPS) is 13.7. The van der Waals surface area contributed by atoms with E-state index < -0.39 is 5.97 Å². The van der Waals surface area contributed by atoms with E-state index in [4.69, 9.17) is 15.2 Å². The molecule has 8 heteroatoms. The number of amides is 1. The van der Waals surface area contributed by atoms with Crippen LogP contribution in [-0.4, -0.2) is 42.2 Å². The van der Waals surface area contributed by atoms with E-state index in [1.807, 2.05) is 0 Å². The first-order chi connectivity index (χ1) is 11.5. The first kappa shape index (κ1) is 16.5. The molecule has 2 N–H and O–H groups in total. The molecule has 0 radical (unpaired) electrons. The first-order valence-corrected chi connectivity index (χ1v) is 8.49. The van der Waals surface area contributed by atoms with Gasteiger partial charge in [0, 0.05) is 16.8 Å². The molecule has 3 heterocycles. The second-order valence-electron chi connectivity index (χ2n) is 5.53. The summed E-state index contributed by atoms with van der Waals surface area (Å²) in [4.78, 5) is 31.9. The number of pyridine rings is 1. The van der Waals surface area contributed by atoms with E-state index in [1.54, 1.807) is 18.7 Å². The summed E-state index contributed by atoms with van der Waals surface area (Å²) in [7, 11) is 1.37. The number of aryl methyl sites for hydroxylation is 1. The fourth-order valence-electron chi connectivity index (χ4n) is 3.02. The fourth-order valence-corrected chi connectivity index (χ4v) is 4.32. The smallest absolute Gasteiger partial charge is 0.409 e. The number of carbonyl (C=O) groups is 2. The molecule has 3 rings (SSSR count). The number of fused-ring (bicyclic) bond motifs is 3. The Labute approximate surface area is 143 Å². The molecule has 0 saturated heterocycles. The minimum absolute atomic E-state index is 0.283. The van der Waals surface area contributed by atoms with Crippen LogP contribution in [0.3, 0.4) is 0 Å². The van der Waals surface area contributed by atoms with Gasteiger partial charge in [0.05, 0.1) is 31.6 Å². The second kappa shape index (κ2) is 6.27. The van der Waals surface area contributed by atoms with Gasteiger partial charge in [-0.2, -0.15) is 0 Å². The predicted molar refractivity (Wildman–Crippen MR) is 91.2 cm³/mol. The van der Waals surface area contributed by atoms with Gasteiger partial charge < -0.3 is 20.1 Å². The minimum atomic E-state index is -0.450. The number of aromatic nitrogens is 1. The van der Waals surface area contributed by atoms with Gasteiger partial charge in [-0.05, 0) is 25.8 Å². The molecule has 2 aromatic rings. The van der Waals surface area contributed by atoms with Crippen molar-refractivity contribution in [3.05, 3.63) is 21.7 Å². The molecule has 0 bridgehead atoms. The maximum atomic E-state index is 12.2. The second-order valence-corrected chi connectivity index (χ2v) is 6.62. The number of anilines is 1. The standard InChI is InChI=1S/C16H19N3O4S/c1-4-23-15(20)11-8(2)18-14-12(13(11)17)9-5-6-19(16(21)22-3)7-10(9)24-14/h4-7H2,1-3H3,(H2,17,18). The Morgan fingerprint density at radius 3 is 2.83 bits per heavy atom. The number of nitrogens with zero attached hydrogens (tertiary/aromatic N) is 2. The predicted octanol–water partition coefficient (Wildman–Crippen LogP) is 2.49. The monoisotopic (exact) mass is 349 g/mol. The Hall–Kier alpha value is -2.35. The van der Waals surface area contributed by atoms with Crippen molar-refractivity contribution in [2.24, 2.45) is 0 Å². The molecule has 1 amide bonds. The number of hydrogen-bond acceptors (Lipinski definition) is 7. The van der Waals surface area contributed by atoms with Crippen molar-refractivity contribution in [3.63, 3.8) is 0 Å². The zero-order valence-corrected chi connectivity index (χ0v) is 14.7. The third-order valence-corrected chi connectivity index (χ3v) is 5.23. The van der Waals surface area contributed by atoms with Crippen LogP contribution in [0.5, 0.6) is 0 Å². The van der Waals surface area contributed by atoms with Gasteiger partial charge >= 0.3 is 12.1 Å². The van der Waals surface area contributed by atoms with Crippen LogP contribution in [-0.2, 0) is 22.4 Å². The third-order valence-electron chi connectivity index (χ3n) is 4.12. The average Bonchev–Trinajstić information content (AvgIpc) is 2.91. The van der Waals surface area contributed by atoms with Crippen molar-refractivity contribution >= 4 is 39.3 Å². The number of carbonyl (C=O) groups excluding carboxylic acids is 2. The quantitative estimate of drug-likeness (QED) is 0.837. The molecule has 0 spiro atoms. The van der Waals surface area contributed by atoms with Crippen LogP contribution in [0.4, 0.5) is 10.5 Å². The van der Waals surface area contributed by atoms with Crippen LogP contribution in [0.15, 0.2) is 0 Å². The van der Waals surface area contributed by atoms with E-state index in [1.165, 1.54) is 18.4 Å². The lowest BCUT2D eigenvalue weighted by molar-refractivity contribution is 0.0526. The molecule has 2 aromatic heterocycles. The Bertz CT molecular complexity index is 831. The van der Waals surface area contributed by atoms with Crippen molar-refractivity contribution in [1.82, 2.24) is 9.88 Å². The summed E-state index contributed by atoms with van der Waals surface area (Å²) >= 11 is 1.50. The Balaban J connectivity index is 2.10. The van der Waals surface area contributed by atoms with Gasteiger partial charge in [0.15, 0.2) is 0 Å². The highest BCUT2D eigenvalue weighted by Crippen LogP contribution is 2.39. The molecule has 0 atom stereocenters. The van der Waals surface area contributed by atoms with Gasteiger partial charge in [-0.1, -0.05) is 0 Å². The number of thiophene rings is 1. The lowest BCUT2D eigenvalue weighted by Gasteiger charge is -2.25. The molecular weight excluding hydrogens is 330 g/mol. The maximum Gasteiger partial charge on any atom is 0.409 e. The maximum absolute atomic E-state index is 12.2. The Kier molecular flexibility index (Phi) is 4.31. The molecular formula is C16H19N3O4S. The number of hydrogen-bond donors (Lipinski definition) is 1. The molecule has 0 aromatic carbocycles. The number of nitrogens with two attached hydrogens (primary N) is 1. The van der Waals surface area contributed by atoms with Gasteiger partial charge in [0.1, 0.15) is 10.4 Å². The number of rotatable bonds is 2. The summed E-state index contributed by atoms with van der Waals surface area (Å²) in [6.45, 7) is 4.81. The number of nitrogen functional groups attached to an aromatic ring is 1. The van der Waals surface area contributed by atoms with Crippen molar-refractivity contribution < 1.29 is 19.1 Å². The van der Waals surface area contributed by atoms with Gasteiger partial charge in [0.25, 0.3) is 0 Å². The molecule has 0 fully saturated rings. The van der Waals surface area contributed by atoms with Gasteiger partial charge in [-0.25, -0.2) is 14.6 Å². The van der Waals surface area contributed by atoms with Crippen LogP contribution in [0, 0.1) is 6.92 Å². The van der Waals surface area contributed by atoms with E-state index in [9.17, 15) is 9.59 Å². The highest BCUT2D eigenvalue weighted by atomic mass is 32.1. The zero-order valence-electron chi connectivity index (χ0n) is 13.8. The van der Waals surface area contributed by atoms with E-state index in [2.05, 4.69) is 4.98 Å². The molecule has 0 aliphatic carbocycles. The summed E-state index contributed by atoms with van der Waals surface area (Å²) in [5, 5.41) is 0.813. The third kappa shape index (κ3) is 2.56. The van der Waals surface area contributed by atoms with Crippen LogP contribution in [0.2, 0.25) is 0 Å². The van der Waals surface area contributed by atoms with Gasteiger partial charge in [-0.15, -0.1) is 11.3 Å². The van der Waals surface area contributed by atoms with Crippen LogP contribution in [0.1, 0.15) is 33.4 Å². The summed E-state index contributed by atoms with van der Waals surface area (Å²) < 4.78 is 9.89. The Morgan fingerprint density at radius 2 is 2.17 bits per heavy atom. The van der Waals surface area contributed by atoms with Gasteiger partial charge in [-0.3, -0.25) is 0 Å². The lowest BCUT2D eigenvalue weighted by Crippen LogP contribution is -2.35.